The number of thioether (sulfide) groups is 1. The summed E-state index contributed by atoms with van der Waals surface area (Å²) in [7, 11) is -3.50. The first kappa shape index (κ1) is 21.3. The number of hydrogen-bond acceptors (Lipinski definition) is 4. The van der Waals surface area contributed by atoms with E-state index in [4.69, 9.17) is 16.7 Å². The molecule has 24 heavy (non-hydrogen) atoms. The van der Waals surface area contributed by atoms with Gasteiger partial charge in [-0.2, -0.15) is 0 Å². The molecule has 0 spiro atoms. The van der Waals surface area contributed by atoms with Gasteiger partial charge in [-0.15, -0.1) is 11.8 Å². The highest BCUT2D eigenvalue weighted by Crippen LogP contribution is 2.24. The summed E-state index contributed by atoms with van der Waals surface area (Å²) < 4.78 is 26.6. The molecule has 2 N–H and O–H groups in total. The lowest BCUT2D eigenvalue weighted by molar-refractivity contribution is -0.147. The molecule has 5 nitrogen and oxygen atoms in total. The number of rotatable bonds is 11. The highest BCUT2D eigenvalue weighted by Gasteiger charge is 2.25. The lowest BCUT2D eigenvalue weighted by Gasteiger charge is -2.18. The van der Waals surface area contributed by atoms with Gasteiger partial charge in [0.05, 0.1) is 16.2 Å². The van der Waals surface area contributed by atoms with Crippen molar-refractivity contribution < 1.29 is 18.3 Å². The summed E-state index contributed by atoms with van der Waals surface area (Å²) in [6, 6.07) is 6.03. The second-order valence-electron chi connectivity index (χ2n) is 6.15. The van der Waals surface area contributed by atoms with Crippen molar-refractivity contribution in [3.8, 4) is 0 Å². The van der Waals surface area contributed by atoms with Crippen molar-refractivity contribution >= 4 is 39.4 Å². The highest BCUT2D eigenvalue weighted by atomic mass is 35.5. The van der Waals surface area contributed by atoms with Crippen LogP contribution in [0.4, 0.5) is 0 Å². The number of carboxylic acids is 1. The summed E-state index contributed by atoms with van der Waals surface area (Å²) in [6.07, 6.45) is 3.38. The molecule has 0 aliphatic rings. The van der Waals surface area contributed by atoms with Gasteiger partial charge in [0.2, 0.25) is 10.0 Å². The van der Waals surface area contributed by atoms with Crippen molar-refractivity contribution in [2.75, 3.05) is 11.6 Å². The van der Waals surface area contributed by atoms with Gasteiger partial charge in [-0.05, 0) is 56.7 Å². The van der Waals surface area contributed by atoms with E-state index in [1.165, 1.54) is 23.9 Å². The van der Waals surface area contributed by atoms with Crippen molar-refractivity contribution in [3.63, 3.8) is 0 Å². The smallest absolute Gasteiger partial charge is 0.309 e. The first-order valence-corrected chi connectivity index (χ1v) is 10.7. The van der Waals surface area contributed by atoms with Crippen LogP contribution in [0.25, 0.3) is 0 Å². The van der Waals surface area contributed by atoms with Gasteiger partial charge in [0.15, 0.2) is 0 Å². The van der Waals surface area contributed by atoms with Gasteiger partial charge in [-0.1, -0.05) is 24.4 Å². The molecule has 1 aromatic rings. The zero-order valence-electron chi connectivity index (χ0n) is 13.9. The number of carbonyl (C=O) groups is 1. The average Bonchev–Trinajstić information content (AvgIpc) is 2.50. The van der Waals surface area contributed by atoms with Gasteiger partial charge >= 0.3 is 5.97 Å². The maximum absolute atomic E-state index is 12.0. The number of sulfonamides is 1. The monoisotopic (exact) mass is 393 g/mol. The van der Waals surface area contributed by atoms with Gasteiger partial charge in [0.25, 0.3) is 0 Å². The predicted octanol–water partition coefficient (Wildman–Crippen LogP) is 3.98. The minimum atomic E-state index is -3.50. The third kappa shape index (κ3) is 7.42. The van der Waals surface area contributed by atoms with Crippen LogP contribution in [-0.2, 0) is 14.8 Å². The van der Waals surface area contributed by atoms with E-state index < -0.39 is 21.4 Å². The van der Waals surface area contributed by atoms with Gasteiger partial charge < -0.3 is 5.11 Å². The van der Waals surface area contributed by atoms with Crippen molar-refractivity contribution in [3.05, 3.63) is 29.3 Å². The van der Waals surface area contributed by atoms with Crippen LogP contribution < -0.4 is 4.72 Å². The molecule has 1 aromatic carbocycles. The molecule has 136 valence electrons. The van der Waals surface area contributed by atoms with Gasteiger partial charge in [0.1, 0.15) is 0 Å². The third-order valence-electron chi connectivity index (χ3n) is 3.64. The van der Waals surface area contributed by atoms with Crippen LogP contribution in [0.1, 0.15) is 39.5 Å². The molecule has 0 radical (unpaired) electrons. The molecular formula is C16H24ClNO4S2. The number of unbranched alkanes of at least 4 members (excludes halogenated alkanes) is 2. The second kappa shape index (κ2) is 9.65. The third-order valence-corrected chi connectivity index (χ3v) is 6.42. The Bertz CT molecular complexity index is 630. The molecule has 0 fully saturated rings. The molecule has 0 atom stereocenters. The fourth-order valence-corrected chi connectivity index (χ4v) is 4.24. The second-order valence-corrected chi connectivity index (χ2v) is 9.46. The predicted molar refractivity (Wildman–Crippen MR) is 99.0 cm³/mol. The van der Waals surface area contributed by atoms with Crippen LogP contribution in [-0.4, -0.2) is 31.1 Å². The molecule has 0 aromatic heterocycles. The molecule has 8 heteroatoms. The molecule has 0 amide bonds. The number of nitrogens with one attached hydrogen (secondary N) is 1. The maximum Gasteiger partial charge on any atom is 0.309 e. The number of halogens is 1. The van der Waals surface area contributed by atoms with E-state index in [1.807, 2.05) is 0 Å². The Morgan fingerprint density at radius 2 is 1.83 bits per heavy atom. The lowest BCUT2D eigenvalue weighted by Crippen LogP contribution is -2.23. The quantitative estimate of drug-likeness (QED) is 0.438. The average molecular weight is 394 g/mol. The van der Waals surface area contributed by atoms with Crippen LogP contribution in [0.5, 0.6) is 0 Å². The van der Waals surface area contributed by atoms with Crippen LogP contribution in [0, 0.1) is 5.41 Å². The molecule has 0 bridgehead atoms. The Labute approximate surface area is 153 Å². The lowest BCUT2D eigenvalue weighted by atomic mass is 9.87. The van der Waals surface area contributed by atoms with Crippen molar-refractivity contribution in [2.45, 2.75) is 44.4 Å². The molecule has 0 heterocycles. The Morgan fingerprint density at radius 1 is 1.21 bits per heavy atom. The summed E-state index contributed by atoms with van der Waals surface area (Å²) >= 11 is 7.25. The number of aliphatic carboxylic acids is 1. The fourth-order valence-electron chi connectivity index (χ4n) is 1.94. The number of benzene rings is 1. The van der Waals surface area contributed by atoms with Crippen molar-refractivity contribution in [2.24, 2.45) is 5.41 Å². The fraction of sp³-hybridized carbons (Fsp3) is 0.562. The van der Waals surface area contributed by atoms with E-state index in [0.29, 0.717) is 17.3 Å². The number of hydrogen-bond donors (Lipinski definition) is 2. The summed E-state index contributed by atoms with van der Waals surface area (Å²) in [5.41, 5.74) is -0.679. The molecular weight excluding hydrogens is 370 g/mol. The Balaban J connectivity index is 2.18. The van der Waals surface area contributed by atoms with Crippen LogP contribution in [0.3, 0.4) is 0 Å². The van der Waals surface area contributed by atoms with E-state index in [0.717, 1.165) is 25.0 Å². The molecule has 0 saturated carbocycles. The zero-order valence-corrected chi connectivity index (χ0v) is 16.3. The zero-order chi connectivity index (χ0) is 18.2. The van der Waals surface area contributed by atoms with E-state index in [1.54, 1.807) is 26.0 Å². The summed E-state index contributed by atoms with van der Waals surface area (Å²) in [5, 5.41) is 9.52. The van der Waals surface area contributed by atoms with Gasteiger partial charge in [0, 0.05) is 5.02 Å². The Morgan fingerprint density at radius 3 is 2.42 bits per heavy atom. The molecule has 0 saturated heterocycles. The summed E-state index contributed by atoms with van der Waals surface area (Å²) in [5.74, 6) is 0.371. The van der Waals surface area contributed by atoms with E-state index in [2.05, 4.69) is 4.72 Å². The normalized spacial score (nSPS) is 12.3. The maximum atomic E-state index is 12.0. The van der Waals surface area contributed by atoms with Crippen molar-refractivity contribution in [1.82, 2.24) is 4.72 Å². The van der Waals surface area contributed by atoms with Crippen LogP contribution in [0.15, 0.2) is 29.2 Å². The first-order chi connectivity index (χ1) is 11.1. The standard InChI is InChI=1S/C16H24ClNO4S2/c1-16(2,15(19)20)10-4-3-5-11-23-12-18-24(21,22)14-8-6-13(17)7-9-14/h6-9,18H,3-5,10-12H2,1-2H3,(H,19,20). The van der Waals surface area contributed by atoms with Crippen LogP contribution in [0.2, 0.25) is 5.02 Å². The minimum absolute atomic E-state index is 0.198. The van der Waals surface area contributed by atoms with E-state index >= 15 is 0 Å². The van der Waals surface area contributed by atoms with Crippen molar-refractivity contribution in [1.29, 1.82) is 0 Å². The molecule has 1 rings (SSSR count). The topological polar surface area (TPSA) is 83.5 Å². The SMILES string of the molecule is CC(C)(CCCCCSCNS(=O)(=O)c1ccc(Cl)cc1)C(=O)O. The molecule has 0 aliphatic carbocycles. The van der Waals surface area contributed by atoms with E-state index in [9.17, 15) is 13.2 Å². The minimum Gasteiger partial charge on any atom is -0.481 e. The number of carboxylic acid groups (broad SMARTS) is 1. The molecule has 0 aliphatic heterocycles. The van der Waals surface area contributed by atoms with E-state index in [-0.39, 0.29) is 4.90 Å². The largest absolute Gasteiger partial charge is 0.481 e. The summed E-state index contributed by atoms with van der Waals surface area (Å²) in [4.78, 5) is 11.2. The molecule has 0 unspecified atom stereocenters. The first-order valence-electron chi connectivity index (χ1n) is 7.71. The Kier molecular flexibility index (Phi) is 8.56. The van der Waals surface area contributed by atoms with Gasteiger partial charge in [-0.3, -0.25) is 4.79 Å². The summed E-state index contributed by atoms with van der Waals surface area (Å²) in [6.45, 7) is 3.46. The Hall–Kier alpha value is -0.760. The van der Waals surface area contributed by atoms with Crippen LogP contribution >= 0.6 is 23.4 Å². The highest BCUT2D eigenvalue weighted by molar-refractivity contribution is 8.00. The van der Waals surface area contributed by atoms with Gasteiger partial charge in [-0.25, -0.2) is 13.1 Å².